The second kappa shape index (κ2) is 10.7. The summed E-state index contributed by atoms with van der Waals surface area (Å²) in [5.41, 5.74) is 9.14. The zero-order valence-corrected chi connectivity index (χ0v) is 23.6. The Morgan fingerprint density at radius 1 is 1.12 bits per heavy atom. The summed E-state index contributed by atoms with van der Waals surface area (Å²) in [4.78, 5) is 8.04. The van der Waals surface area contributed by atoms with Gasteiger partial charge in [0.25, 0.3) is 0 Å². The number of methoxy groups -OCH3 is 1. The number of anilines is 1. The number of fused-ring (bicyclic) bond motifs is 1. The number of nitrogens with two attached hydrogens (primary N) is 1. The van der Waals surface area contributed by atoms with Crippen molar-refractivity contribution < 1.29 is 17.9 Å². The third-order valence-electron chi connectivity index (χ3n) is 7.64. The summed E-state index contributed by atoms with van der Waals surface area (Å²) in [5, 5.41) is 17.1. The van der Waals surface area contributed by atoms with Gasteiger partial charge in [0.15, 0.2) is 21.3 Å². The Hall–Kier alpha value is -4.14. The van der Waals surface area contributed by atoms with E-state index >= 15 is 0 Å². The normalized spacial score (nSPS) is 19.6. The number of nitrogens with one attached hydrogen (secondary N) is 1. The number of benzene rings is 1. The molecule has 1 fully saturated rings. The van der Waals surface area contributed by atoms with E-state index in [9.17, 15) is 8.42 Å². The molecule has 4 heterocycles. The molecule has 1 aliphatic rings. The van der Waals surface area contributed by atoms with Crippen molar-refractivity contribution in [2.75, 3.05) is 32.3 Å². The fourth-order valence-electron chi connectivity index (χ4n) is 5.62. The van der Waals surface area contributed by atoms with E-state index in [1.807, 2.05) is 36.5 Å². The molecule has 1 aliphatic carbocycles. The molecule has 0 radical (unpaired) electrons. The number of nitrogens with zero attached hydrogens (tertiary/aromatic N) is 7. The minimum Gasteiger partial charge on any atom is -0.382 e. The average Bonchev–Trinajstić information content (AvgIpc) is 3.75. The molecule has 0 spiro atoms. The smallest absolute Gasteiger partial charge is 0.180 e. The molecule has 0 saturated heterocycles. The first-order chi connectivity index (χ1) is 19.8. The number of para-hydroxylation sites is 1. The Morgan fingerprint density at radius 3 is 2.59 bits per heavy atom. The fraction of sp³-hybridized carbons (Fsp3) is 0.370. The number of aromatic nitrogens is 8. The van der Waals surface area contributed by atoms with Crippen LogP contribution in [0.5, 0.6) is 0 Å². The van der Waals surface area contributed by atoms with Crippen molar-refractivity contribution in [3.8, 4) is 16.8 Å². The largest absolute Gasteiger partial charge is 0.382 e. The molecule has 214 valence electrons. The van der Waals surface area contributed by atoms with E-state index in [0.717, 1.165) is 17.5 Å². The van der Waals surface area contributed by atoms with Crippen LogP contribution in [0.3, 0.4) is 0 Å². The maximum Gasteiger partial charge on any atom is 0.180 e. The van der Waals surface area contributed by atoms with Gasteiger partial charge in [-0.2, -0.15) is 14.7 Å². The van der Waals surface area contributed by atoms with E-state index in [1.54, 1.807) is 24.2 Å². The van der Waals surface area contributed by atoms with Gasteiger partial charge in [0.05, 0.1) is 37.0 Å². The van der Waals surface area contributed by atoms with Gasteiger partial charge in [0, 0.05) is 36.6 Å². The first-order valence-electron chi connectivity index (χ1n) is 13.3. The summed E-state index contributed by atoms with van der Waals surface area (Å²) >= 11 is 0. The van der Waals surface area contributed by atoms with E-state index in [1.165, 1.54) is 10.8 Å². The average molecular weight is 578 g/mol. The lowest BCUT2D eigenvalue weighted by atomic mass is 9.76. The summed E-state index contributed by atoms with van der Waals surface area (Å²) in [6, 6.07) is 9.74. The highest BCUT2D eigenvalue weighted by molar-refractivity contribution is 7.91. The highest BCUT2D eigenvalue weighted by Crippen LogP contribution is 2.46. The van der Waals surface area contributed by atoms with Crippen LogP contribution in [0.15, 0.2) is 60.1 Å². The van der Waals surface area contributed by atoms with Gasteiger partial charge in [-0.05, 0) is 37.8 Å². The molecule has 1 aromatic carbocycles. The fourth-order valence-corrected chi connectivity index (χ4v) is 6.68. The van der Waals surface area contributed by atoms with Crippen LogP contribution in [-0.4, -0.2) is 74.6 Å². The van der Waals surface area contributed by atoms with Gasteiger partial charge >= 0.3 is 0 Å². The Morgan fingerprint density at radius 2 is 1.90 bits per heavy atom. The molecular formula is C27H31N9O4S. The molecule has 3 N–H and O–H groups in total. The molecule has 0 atom stereocenters. The number of H-pyrrole nitrogens is 1. The van der Waals surface area contributed by atoms with Crippen molar-refractivity contribution in [2.24, 2.45) is 0 Å². The Labute approximate surface area is 236 Å². The van der Waals surface area contributed by atoms with Gasteiger partial charge in [-0.15, -0.1) is 10.2 Å². The standard InChI is InChI=1S/C27H31N9O4S/c1-39-12-13-40-27(26-29-17-30-34-26)10-8-18(9-11-27)22-23(41(2,37)38)24(28)36-25(33-22)21(15-32-36)19-14-31-35(16-19)20-6-4-3-5-7-20/h3-7,14-18H,8-13,28H2,1-2H3,(H,29,30,34)/t18-,27-. The second-order valence-electron chi connectivity index (χ2n) is 10.2. The SMILES string of the molecule is COCCO[C@]1(c2nnc[nH]2)CC[C@@H](c2nc3c(-c4cnn(-c5ccccc5)c4)cnn3c(N)c2S(C)(=O)=O)CC1. The van der Waals surface area contributed by atoms with Crippen LogP contribution in [0.4, 0.5) is 5.82 Å². The van der Waals surface area contributed by atoms with Crippen LogP contribution in [0, 0.1) is 0 Å². The van der Waals surface area contributed by atoms with Crippen molar-refractivity contribution in [3.63, 3.8) is 0 Å². The number of hydrogen-bond acceptors (Lipinski definition) is 10. The van der Waals surface area contributed by atoms with E-state index in [4.69, 9.17) is 20.2 Å². The number of sulfone groups is 1. The first-order valence-corrected chi connectivity index (χ1v) is 15.2. The number of ether oxygens (including phenoxy) is 2. The van der Waals surface area contributed by atoms with E-state index in [0.29, 0.717) is 61.6 Å². The van der Waals surface area contributed by atoms with Crippen LogP contribution in [0.2, 0.25) is 0 Å². The lowest BCUT2D eigenvalue weighted by Crippen LogP contribution is -2.37. The molecule has 13 nitrogen and oxygen atoms in total. The molecule has 14 heteroatoms. The van der Waals surface area contributed by atoms with Crippen molar-refractivity contribution in [3.05, 3.63) is 66.8 Å². The van der Waals surface area contributed by atoms with Crippen molar-refractivity contribution in [2.45, 2.75) is 42.1 Å². The lowest BCUT2D eigenvalue weighted by Gasteiger charge is -2.38. The van der Waals surface area contributed by atoms with Crippen LogP contribution in [0.25, 0.3) is 22.5 Å². The maximum atomic E-state index is 13.1. The minimum atomic E-state index is -3.72. The Kier molecular flexibility index (Phi) is 7.05. The van der Waals surface area contributed by atoms with Gasteiger partial charge in [0.2, 0.25) is 0 Å². The molecule has 0 unspecified atom stereocenters. The molecule has 0 amide bonds. The predicted octanol–water partition coefficient (Wildman–Crippen LogP) is 2.90. The van der Waals surface area contributed by atoms with Crippen molar-refractivity contribution >= 4 is 21.3 Å². The third kappa shape index (κ3) is 4.98. The number of hydrogen-bond donors (Lipinski definition) is 2. The summed E-state index contributed by atoms with van der Waals surface area (Å²) in [5.74, 6) is 0.508. The minimum absolute atomic E-state index is 0.0112. The number of aromatic amines is 1. The van der Waals surface area contributed by atoms with Gasteiger partial charge < -0.3 is 20.2 Å². The van der Waals surface area contributed by atoms with E-state index < -0.39 is 15.4 Å². The van der Waals surface area contributed by atoms with Crippen LogP contribution in [0.1, 0.15) is 43.1 Å². The van der Waals surface area contributed by atoms with Crippen LogP contribution in [-0.2, 0) is 24.9 Å². The molecule has 0 aliphatic heterocycles. The molecule has 5 aromatic rings. The lowest BCUT2D eigenvalue weighted by molar-refractivity contribution is -0.0977. The highest BCUT2D eigenvalue weighted by atomic mass is 32.2. The van der Waals surface area contributed by atoms with Crippen molar-refractivity contribution in [1.29, 1.82) is 0 Å². The van der Waals surface area contributed by atoms with Gasteiger partial charge in [-0.3, -0.25) is 0 Å². The summed E-state index contributed by atoms with van der Waals surface area (Å²) in [6.45, 7) is 0.834. The van der Waals surface area contributed by atoms with Gasteiger partial charge in [0.1, 0.15) is 22.6 Å². The quantitative estimate of drug-likeness (QED) is 0.249. The summed E-state index contributed by atoms with van der Waals surface area (Å²) in [6.07, 6.45) is 10.3. The number of rotatable bonds is 9. The van der Waals surface area contributed by atoms with Gasteiger partial charge in [-0.25, -0.2) is 18.1 Å². The topological polar surface area (TPSA) is 168 Å². The van der Waals surface area contributed by atoms with Crippen LogP contribution >= 0.6 is 0 Å². The molecule has 0 bridgehead atoms. The highest BCUT2D eigenvalue weighted by Gasteiger charge is 2.42. The van der Waals surface area contributed by atoms with Crippen LogP contribution < -0.4 is 5.73 Å². The number of nitrogen functional groups attached to an aromatic ring is 1. The van der Waals surface area contributed by atoms with E-state index in [-0.39, 0.29) is 16.6 Å². The zero-order valence-electron chi connectivity index (χ0n) is 22.8. The predicted molar refractivity (Wildman–Crippen MR) is 150 cm³/mol. The zero-order chi connectivity index (χ0) is 28.6. The first kappa shape index (κ1) is 27.1. The third-order valence-corrected chi connectivity index (χ3v) is 8.80. The monoisotopic (exact) mass is 577 g/mol. The molecule has 4 aromatic heterocycles. The maximum absolute atomic E-state index is 13.1. The second-order valence-corrected chi connectivity index (χ2v) is 12.2. The van der Waals surface area contributed by atoms with E-state index in [2.05, 4.69) is 25.4 Å². The Balaban J connectivity index is 1.39. The van der Waals surface area contributed by atoms with Crippen molar-refractivity contribution in [1.82, 2.24) is 39.6 Å². The Bertz CT molecular complexity index is 1760. The summed E-state index contributed by atoms with van der Waals surface area (Å²) in [7, 11) is -2.10. The molecule has 1 saturated carbocycles. The summed E-state index contributed by atoms with van der Waals surface area (Å²) < 4.78 is 40.7. The van der Waals surface area contributed by atoms with Gasteiger partial charge in [-0.1, -0.05) is 18.2 Å². The molecule has 41 heavy (non-hydrogen) atoms. The molecular weight excluding hydrogens is 546 g/mol. The molecule has 6 rings (SSSR count).